The number of nitrogens with zero attached hydrogens (tertiary/aromatic N) is 1. The van der Waals surface area contributed by atoms with E-state index in [0.717, 1.165) is 6.42 Å². The van der Waals surface area contributed by atoms with Crippen LogP contribution in [0.2, 0.25) is 0 Å². The van der Waals surface area contributed by atoms with Crippen molar-refractivity contribution in [2.24, 2.45) is 0 Å². The number of carbonyl (C=O) groups excluding carboxylic acids is 1. The summed E-state index contributed by atoms with van der Waals surface area (Å²) in [5, 5.41) is 2.72. The fraction of sp³-hybridized carbons (Fsp3) is 0.300. The van der Waals surface area contributed by atoms with Crippen molar-refractivity contribution in [2.45, 2.75) is 11.3 Å². The van der Waals surface area contributed by atoms with Gasteiger partial charge in [0, 0.05) is 29.5 Å². The van der Waals surface area contributed by atoms with Gasteiger partial charge >= 0.3 is 6.03 Å². The normalized spacial score (nSPS) is 16.8. The zero-order valence-electron chi connectivity index (χ0n) is 8.89. The molecule has 1 saturated heterocycles. The van der Waals surface area contributed by atoms with Gasteiger partial charge in [-0.1, -0.05) is 0 Å². The summed E-state index contributed by atoms with van der Waals surface area (Å²) in [6.45, 7) is 1.29. The molecule has 17 heavy (non-hydrogen) atoms. The Hall–Kier alpha value is -1.27. The largest absolute Gasteiger partial charge is 0.338 e. The molecule has 0 unspecified atom stereocenters. The van der Waals surface area contributed by atoms with Crippen LogP contribution in [-0.4, -0.2) is 27.5 Å². The SMILES string of the molecule is O=C1NCCCN1c1ccc(S(=O)(=O)Cl)cc1. The maximum atomic E-state index is 11.5. The second-order valence-corrected chi connectivity index (χ2v) is 6.23. The summed E-state index contributed by atoms with van der Waals surface area (Å²) in [7, 11) is 1.49. The predicted molar refractivity (Wildman–Crippen MR) is 64.8 cm³/mol. The van der Waals surface area contributed by atoms with Gasteiger partial charge in [-0.25, -0.2) is 13.2 Å². The summed E-state index contributed by atoms with van der Waals surface area (Å²) >= 11 is 0. The molecule has 1 aromatic rings. The Labute approximate surface area is 104 Å². The minimum Gasteiger partial charge on any atom is -0.338 e. The summed E-state index contributed by atoms with van der Waals surface area (Å²) in [6.07, 6.45) is 0.862. The van der Waals surface area contributed by atoms with Crippen molar-refractivity contribution in [1.29, 1.82) is 0 Å². The highest BCUT2D eigenvalue weighted by atomic mass is 35.7. The molecule has 92 valence electrons. The monoisotopic (exact) mass is 274 g/mol. The molecule has 2 amide bonds. The third kappa shape index (κ3) is 2.70. The van der Waals surface area contributed by atoms with Crippen LogP contribution in [0, 0.1) is 0 Å². The number of hydrogen-bond donors (Lipinski definition) is 1. The van der Waals surface area contributed by atoms with Crippen molar-refractivity contribution >= 4 is 31.5 Å². The van der Waals surface area contributed by atoms with Crippen molar-refractivity contribution in [2.75, 3.05) is 18.0 Å². The van der Waals surface area contributed by atoms with Gasteiger partial charge in [0.15, 0.2) is 0 Å². The second kappa shape index (κ2) is 4.54. The van der Waals surface area contributed by atoms with Crippen molar-refractivity contribution in [3.8, 4) is 0 Å². The number of nitrogens with one attached hydrogen (secondary N) is 1. The highest BCUT2D eigenvalue weighted by molar-refractivity contribution is 8.13. The third-order valence-corrected chi connectivity index (χ3v) is 3.88. The second-order valence-electron chi connectivity index (χ2n) is 3.67. The first-order valence-electron chi connectivity index (χ1n) is 5.08. The fourth-order valence-corrected chi connectivity index (χ4v) is 2.43. The molecule has 0 atom stereocenters. The van der Waals surface area contributed by atoms with Crippen molar-refractivity contribution < 1.29 is 13.2 Å². The third-order valence-electron chi connectivity index (χ3n) is 2.51. The summed E-state index contributed by atoms with van der Waals surface area (Å²) in [5.74, 6) is 0. The average Bonchev–Trinajstić information content (AvgIpc) is 2.29. The van der Waals surface area contributed by atoms with Crippen LogP contribution in [0.5, 0.6) is 0 Å². The topological polar surface area (TPSA) is 66.5 Å². The number of anilines is 1. The first-order chi connectivity index (χ1) is 7.98. The van der Waals surface area contributed by atoms with E-state index in [4.69, 9.17) is 10.7 Å². The van der Waals surface area contributed by atoms with Gasteiger partial charge in [-0.15, -0.1) is 0 Å². The van der Waals surface area contributed by atoms with Crippen LogP contribution in [0.4, 0.5) is 10.5 Å². The Morgan fingerprint density at radius 3 is 2.41 bits per heavy atom. The van der Waals surface area contributed by atoms with Gasteiger partial charge in [-0.05, 0) is 30.7 Å². The van der Waals surface area contributed by atoms with E-state index in [1.54, 1.807) is 17.0 Å². The highest BCUT2D eigenvalue weighted by Crippen LogP contribution is 2.21. The van der Waals surface area contributed by atoms with Gasteiger partial charge in [0.2, 0.25) is 0 Å². The Kier molecular flexibility index (Phi) is 3.26. The van der Waals surface area contributed by atoms with Crippen LogP contribution in [0.15, 0.2) is 29.2 Å². The minimum atomic E-state index is -3.71. The Morgan fingerprint density at radius 2 is 1.88 bits per heavy atom. The molecular weight excluding hydrogens is 264 g/mol. The summed E-state index contributed by atoms with van der Waals surface area (Å²) < 4.78 is 22.1. The zero-order chi connectivity index (χ0) is 12.5. The van der Waals surface area contributed by atoms with Crippen molar-refractivity contribution in [1.82, 2.24) is 5.32 Å². The van der Waals surface area contributed by atoms with Crippen LogP contribution in [0.1, 0.15) is 6.42 Å². The average molecular weight is 275 g/mol. The molecule has 0 aliphatic carbocycles. The fourth-order valence-electron chi connectivity index (χ4n) is 1.66. The number of hydrogen-bond acceptors (Lipinski definition) is 3. The first-order valence-corrected chi connectivity index (χ1v) is 7.39. The molecule has 0 radical (unpaired) electrons. The van der Waals surface area contributed by atoms with Crippen LogP contribution < -0.4 is 10.2 Å². The van der Waals surface area contributed by atoms with Crippen LogP contribution in [0.3, 0.4) is 0 Å². The van der Waals surface area contributed by atoms with Crippen LogP contribution in [0.25, 0.3) is 0 Å². The quantitative estimate of drug-likeness (QED) is 0.832. The summed E-state index contributed by atoms with van der Waals surface area (Å²) in [4.78, 5) is 13.1. The lowest BCUT2D eigenvalue weighted by Gasteiger charge is -2.27. The zero-order valence-corrected chi connectivity index (χ0v) is 10.5. The van der Waals surface area contributed by atoms with Gasteiger partial charge in [0.1, 0.15) is 0 Å². The van der Waals surface area contributed by atoms with Gasteiger partial charge in [-0.3, -0.25) is 4.90 Å². The van der Waals surface area contributed by atoms with Crippen LogP contribution in [-0.2, 0) is 9.05 Å². The summed E-state index contributed by atoms with van der Waals surface area (Å²) in [6, 6.07) is 5.75. The minimum absolute atomic E-state index is 0.0281. The molecule has 7 heteroatoms. The van der Waals surface area contributed by atoms with E-state index in [9.17, 15) is 13.2 Å². The molecule has 5 nitrogen and oxygen atoms in total. The standard InChI is InChI=1S/C10H11ClN2O3S/c11-17(15,16)9-4-2-8(3-5-9)13-7-1-6-12-10(13)14/h2-5H,1,6-7H2,(H,12,14). The lowest BCUT2D eigenvalue weighted by atomic mass is 10.2. The van der Waals surface area contributed by atoms with E-state index in [1.165, 1.54) is 12.1 Å². The highest BCUT2D eigenvalue weighted by Gasteiger charge is 2.19. The molecular formula is C10H11ClN2O3S. The lowest BCUT2D eigenvalue weighted by Crippen LogP contribution is -2.46. The van der Waals surface area contributed by atoms with E-state index in [2.05, 4.69) is 5.32 Å². The molecule has 1 aliphatic rings. The number of halogens is 1. The van der Waals surface area contributed by atoms with E-state index in [-0.39, 0.29) is 10.9 Å². The molecule has 2 rings (SSSR count). The number of benzene rings is 1. The van der Waals surface area contributed by atoms with Crippen molar-refractivity contribution in [3.05, 3.63) is 24.3 Å². The molecule has 0 bridgehead atoms. The molecule has 0 saturated carbocycles. The van der Waals surface area contributed by atoms with Gasteiger partial charge in [0.05, 0.1) is 4.90 Å². The molecule has 1 fully saturated rings. The number of urea groups is 1. The van der Waals surface area contributed by atoms with Gasteiger partial charge in [-0.2, -0.15) is 0 Å². The molecule has 1 heterocycles. The number of carbonyl (C=O) groups is 1. The molecule has 1 aliphatic heterocycles. The smallest absolute Gasteiger partial charge is 0.321 e. The van der Waals surface area contributed by atoms with Gasteiger partial charge < -0.3 is 5.32 Å². The summed E-state index contributed by atoms with van der Waals surface area (Å²) in [5.41, 5.74) is 0.659. The van der Waals surface area contributed by atoms with Crippen LogP contribution >= 0.6 is 10.7 Å². The number of amides is 2. The Balaban J connectivity index is 2.26. The Bertz CT molecular complexity index is 527. The Morgan fingerprint density at radius 1 is 1.24 bits per heavy atom. The molecule has 1 N–H and O–H groups in total. The molecule has 0 aromatic heterocycles. The van der Waals surface area contributed by atoms with E-state index in [1.807, 2.05) is 0 Å². The molecule has 1 aromatic carbocycles. The van der Waals surface area contributed by atoms with E-state index in [0.29, 0.717) is 18.8 Å². The van der Waals surface area contributed by atoms with E-state index >= 15 is 0 Å². The molecule has 0 spiro atoms. The van der Waals surface area contributed by atoms with Gasteiger partial charge in [0.25, 0.3) is 9.05 Å². The van der Waals surface area contributed by atoms with E-state index < -0.39 is 9.05 Å². The first kappa shape index (κ1) is 12.2. The number of rotatable bonds is 2. The lowest BCUT2D eigenvalue weighted by molar-refractivity contribution is 0.243. The van der Waals surface area contributed by atoms with Crippen molar-refractivity contribution in [3.63, 3.8) is 0 Å². The maximum absolute atomic E-state index is 11.5. The maximum Gasteiger partial charge on any atom is 0.321 e. The predicted octanol–water partition coefficient (Wildman–Crippen LogP) is 1.53.